The Morgan fingerprint density at radius 1 is 1.16 bits per heavy atom. The fourth-order valence-corrected chi connectivity index (χ4v) is 2.98. The topological polar surface area (TPSA) is 45.8 Å². The first kappa shape index (κ1) is 13.8. The monoisotopic (exact) mass is 274 g/mol. The number of aromatic hydroxyl groups is 1. The molecule has 0 bridgehead atoms. The quantitative estimate of drug-likeness (QED) is 0.813. The molecule has 2 aromatic rings. The summed E-state index contributed by atoms with van der Waals surface area (Å²) in [7, 11) is 0. The van der Waals surface area contributed by atoms with Gasteiger partial charge in [-0.25, -0.2) is 0 Å². The van der Waals surface area contributed by atoms with Crippen LogP contribution in [0.2, 0.25) is 0 Å². The van der Waals surface area contributed by atoms with Crippen molar-refractivity contribution in [1.82, 2.24) is 0 Å². The van der Waals surface area contributed by atoms with Crippen molar-refractivity contribution >= 4 is 17.0 Å². The van der Waals surface area contributed by atoms with Crippen LogP contribution < -0.4 is 5.41 Å². The molecule has 0 unspecified atom stereocenters. The largest absolute Gasteiger partial charge is 0.506 e. The van der Waals surface area contributed by atoms with E-state index in [1.54, 1.807) is 6.92 Å². The Morgan fingerprint density at radius 3 is 2.16 bits per heavy atom. The Bertz CT molecular complexity index is 603. The van der Waals surface area contributed by atoms with Gasteiger partial charge in [0.2, 0.25) is 0 Å². The summed E-state index contributed by atoms with van der Waals surface area (Å²) in [5, 5.41) is 17.8. The van der Waals surface area contributed by atoms with Crippen LogP contribution in [0.25, 0.3) is 10.4 Å². The van der Waals surface area contributed by atoms with Crippen molar-refractivity contribution in [3.63, 3.8) is 0 Å². The summed E-state index contributed by atoms with van der Waals surface area (Å²) in [6, 6.07) is 8.35. The van der Waals surface area contributed by atoms with E-state index in [2.05, 4.69) is 45.0 Å². The van der Waals surface area contributed by atoms with Gasteiger partial charge in [0.25, 0.3) is 0 Å². The first-order chi connectivity index (χ1) is 8.80. The summed E-state index contributed by atoms with van der Waals surface area (Å²) >= 11 is 1.52. The third kappa shape index (κ3) is 2.71. The molecule has 3 N–H and O–H groups in total. The molecule has 0 saturated carbocycles. The molecule has 1 heterocycles. The van der Waals surface area contributed by atoms with Crippen molar-refractivity contribution in [3.05, 3.63) is 40.8 Å². The van der Waals surface area contributed by atoms with Gasteiger partial charge in [-0.2, -0.15) is 0 Å². The van der Waals surface area contributed by atoms with E-state index in [9.17, 15) is 5.11 Å². The molecule has 19 heavy (non-hydrogen) atoms. The summed E-state index contributed by atoms with van der Waals surface area (Å²) in [4.78, 5) is 0.875. The van der Waals surface area contributed by atoms with E-state index in [1.165, 1.54) is 16.9 Å². The highest BCUT2D eigenvalue weighted by molar-refractivity contribution is 7.14. The lowest BCUT2D eigenvalue weighted by atomic mass is 9.86. The van der Waals surface area contributed by atoms with Gasteiger partial charge in [0, 0.05) is 12.3 Å². The molecule has 0 aliphatic heterocycles. The number of nitrogens with two attached hydrogens (primary N) is 1. The van der Waals surface area contributed by atoms with Crippen LogP contribution in [-0.4, -0.2) is 10.8 Å². The van der Waals surface area contributed by atoms with Gasteiger partial charge in [-0.3, -0.25) is 5.41 Å². The van der Waals surface area contributed by atoms with Crippen molar-refractivity contribution in [2.45, 2.75) is 33.1 Å². The zero-order chi connectivity index (χ0) is 14.2. The lowest BCUT2D eigenvalue weighted by molar-refractivity contribution is -0.113. The predicted molar refractivity (Wildman–Crippen MR) is 81.8 cm³/mol. The number of thiophene rings is 1. The summed E-state index contributed by atoms with van der Waals surface area (Å²) in [6.07, 6.45) is 0. The van der Waals surface area contributed by atoms with Crippen LogP contribution in [0.5, 0.6) is 5.75 Å². The first-order valence-electron chi connectivity index (χ1n) is 6.31. The van der Waals surface area contributed by atoms with Crippen LogP contribution in [0, 0.1) is 0 Å². The lowest BCUT2D eigenvalue weighted by Crippen LogP contribution is -2.37. The summed E-state index contributed by atoms with van der Waals surface area (Å²) in [5.74, 6) is 0.286. The summed E-state index contributed by atoms with van der Waals surface area (Å²) in [6.45, 7) is 8.37. The number of benzene rings is 1. The highest BCUT2D eigenvalue weighted by Crippen LogP contribution is 2.38. The average molecular weight is 274 g/mol. The van der Waals surface area contributed by atoms with Gasteiger partial charge in [-0.05, 0) is 16.5 Å². The van der Waals surface area contributed by atoms with Crippen molar-refractivity contribution < 1.29 is 10.5 Å². The smallest absolute Gasteiger partial charge is 0.181 e. The van der Waals surface area contributed by atoms with E-state index in [4.69, 9.17) is 5.41 Å². The van der Waals surface area contributed by atoms with Crippen LogP contribution in [0.3, 0.4) is 0 Å². The molecule has 0 aliphatic carbocycles. The fraction of sp³-hybridized carbons (Fsp3) is 0.312. The maximum absolute atomic E-state index is 10.2. The number of hydrogen-bond acceptors (Lipinski definition) is 2. The molecule has 0 spiro atoms. The molecule has 0 saturated heterocycles. The zero-order valence-corrected chi connectivity index (χ0v) is 12.6. The molecule has 0 atom stereocenters. The van der Waals surface area contributed by atoms with Gasteiger partial charge in [0.15, 0.2) is 5.71 Å². The molecule has 1 aromatic carbocycles. The second kappa shape index (κ2) is 4.82. The normalized spacial score (nSPS) is 11.6. The molecule has 0 fully saturated rings. The van der Waals surface area contributed by atoms with Gasteiger partial charge >= 0.3 is 0 Å². The minimum atomic E-state index is 0.142. The summed E-state index contributed by atoms with van der Waals surface area (Å²) < 4.78 is 0. The van der Waals surface area contributed by atoms with Gasteiger partial charge in [0.1, 0.15) is 5.75 Å². The van der Waals surface area contributed by atoms with Gasteiger partial charge < -0.3 is 5.11 Å². The molecule has 100 valence electrons. The first-order valence-corrected chi connectivity index (χ1v) is 7.19. The van der Waals surface area contributed by atoms with Crippen molar-refractivity contribution in [2.24, 2.45) is 0 Å². The van der Waals surface area contributed by atoms with Crippen molar-refractivity contribution in [2.75, 3.05) is 0 Å². The van der Waals surface area contributed by atoms with E-state index in [-0.39, 0.29) is 11.2 Å². The van der Waals surface area contributed by atoms with E-state index < -0.39 is 0 Å². The summed E-state index contributed by atoms with van der Waals surface area (Å²) in [5.41, 5.74) is 3.84. The number of rotatable bonds is 2. The highest BCUT2D eigenvalue weighted by Gasteiger charge is 2.17. The predicted octanol–water partition coefficient (Wildman–Crippen LogP) is 2.99. The maximum atomic E-state index is 10.2. The third-order valence-corrected chi connectivity index (χ3v) is 4.22. The van der Waals surface area contributed by atoms with Crippen LogP contribution in [0.15, 0.2) is 29.6 Å². The number of hydrogen-bond donors (Lipinski definition) is 2. The fourth-order valence-electron chi connectivity index (χ4n) is 1.96. The van der Waals surface area contributed by atoms with Gasteiger partial charge in [-0.1, -0.05) is 45.0 Å². The SMILES string of the molecule is CC(=[NH2+])c1csc(-c2ccc(C(C)(C)C)cc2)c1O. The van der Waals surface area contributed by atoms with Crippen LogP contribution in [0.4, 0.5) is 0 Å². The van der Waals surface area contributed by atoms with E-state index in [0.29, 0.717) is 5.71 Å². The standard InChI is InChI=1S/C16H19NOS/c1-10(17)13-9-19-15(14(13)18)11-5-7-12(8-6-11)16(2,3)4/h5-9,17-18H,1-4H3/p+1. The zero-order valence-electron chi connectivity index (χ0n) is 11.8. The Morgan fingerprint density at radius 2 is 1.74 bits per heavy atom. The molecule has 2 rings (SSSR count). The second-order valence-corrected chi connectivity index (χ2v) is 6.72. The van der Waals surface area contributed by atoms with Crippen LogP contribution in [0.1, 0.15) is 38.8 Å². The molecule has 3 heteroatoms. The Labute approximate surface area is 118 Å². The Hall–Kier alpha value is -1.61. The van der Waals surface area contributed by atoms with Crippen LogP contribution >= 0.6 is 11.3 Å². The molecule has 2 nitrogen and oxygen atoms in total. The lowest BCUT2D eigenvalue weighted by Gasteiger charge is -2.19. The molecule has 1 aromatic heterocycles. The molecular formula is C16H20NOS+. The minimum absolute atomic E-state index is 0.142. The Balaban J connectivity index is 2.41. The third-order valence-electron chi connectivity index (χ3n) is 3.20. The molecular weight excluding hydrogens is 254 g/mol. The average Bonchev–Trinajstić information content (AvgIpc) is 2.70. The van der Waals surface area contributed by atoms with Gasteiger partial charge in [-0.15, -0.1) is 11.3 Å². The van der Waals surface area contributed by atoms with Crippen molar-refractivity contribution in [3.8, 4) is 16.2 Å². The van der Waals surface area contributed by atoms with Crippen LogP contribution in [-0.2, 0) is 5.41 Å². The van der Waals surface area contributed by atoms with E-state index >= 15 is 0 Å². The Kier molecular flexibility index (Phi) is 3.50. The van der Waals surface area contributed by atoms with Crippen molar-refractivity contribution in [1.29, 1.82) is 0 Å². The minimum Gasteiger partial charge on any atom is -0.506 e. The van der Waals surface area contributed by atoms with E-state index in [1.807, 2.05) is 5.38 Å². The van der Waals surface area contributed by atoms with E-state index in [0.717, 1.165) is 16.0 Å². The maximum Gasteiger partial charge on any atom is 0.181 e. The molecule has 0 radical (unpaired) electrons. The second-order valence-electron chi connectivity index (χ2n) is 5.84. The van der Waals surface area contributed by atoms with Gasteiger partial charge in [0.05, 0.1) is 10.4 Å². The highest BCUT2D eigenvalue weighted by atomic mass is 32.1. The molecule has 0 aliphatic rings. The molecule has 0 amide bonds.